The number of carbonyl (C=O) groups excluding carboxylic acids is 1. The first-order valence-electron chi connectivity index (χ1n) is 6.25. The minimum Gasteiger partial charge on any atom is -0.375 e. The Balaban J connectivity index is 2.28. The second kappa shape index (κ2) is 6.36. The van der Waals surface area contributed by atoms with Gasteiger partial charge in [0.25, 0.3) is 11.6 Å². The van der Waals surface area contributed by atoms with Gasteiger partial charge in [0.05, 0.1) is 4.92 Å². The van der Waals surface area contributed by atoms with Crippen molar-refractivity contribution in [2.24, 2.45) is 0 Å². The van der Waals surface area contributed by atoms with E-state index < -0.39 is 4.92 Å². The van der Waals surface area contributed by atoms with E-state index in [-0.39, 0.29) is 11.6 Å². The average Bonchev–Trinajstić information content (AvgIpc) is 2.97. The second-order valence-electron chi connectivity index (χ2n) is 4.62. The molecule has 0 aliphatic carbocycles. The van der Waals surface area contributed by atoms with Gasteiger partial charge < -0.3 is 10.2 Å². The molecule has 2 aromatic rings. The average molecular weight is 305 g/mol. The zero-order valence-corrected chi connectivity index (χ0v) is 12.5. The smallest absolute Gasteiger partial charge is 0.292 e. The third-order valence-corrected chi connectivity index (χ3v) is 3.76. The van der Waals surface area contributed by atoms with Crippen molar-refractivity contribution >= 4 is 28.6 Å². The highest BCUT2D eigenvalue weighted by atomic mass is 32.1. The number of carbonyl (C=O) groups is 1. The van der Waals surface area contributed by atoms with Crippen LogP contribution in [-0.2, 0) is 6.54 Å². The van der Waals surface area contributed by atoms with Crippen LogP contribution in [0, 0.1) is 10.1 Å². The van der Waals surface area contributed by atoms with Crippen molar-refractivity contribution < 1.29 is 9.72 Å². The van der Waals surface area contributed by atoms with Crippen molar-refractivity contribution in [2.45, 2.75) is 6.54 Å². The molecule has 0 atom stereocenters. The summed E-state index contributed by atoms with van der Waals surface area (Å²) in [4.78, 5) is 25.1. The molecule has 1 aromatic heterocycles. The lowest BCUT2D eigenvalue weighted by Crippen LogP contribution is -2.21. The van der Waals surface area contributed by atoms with Gasteiger partial charge in [0.1, 0.15) is 5.69 Å². The lowest BCUT2D eigenvalue weighted by atomic mass is 10.1. The lowest BCUT2D eigenvalue weighted by molar-refractivity contribution is -0.384. The molecule has 0 saturated heterocycles. The molecule has 1 N–H and O–H groups in total. The van der Waals surface area contributed by atoms with Gasteiger partial charge in [-0.25, -0.2) is 0 Å². The van der Waals surface area contributed by atoms with Gasteiger partial charge >= 0.3 is 0 Å². The standard InChI is InChI=1S/C14H15N3O3S/c1-16(2)14(18)10-5-6-13(17(19)20)12(8-10)15-9-11-4-3-7-21-11/h3-8,15H,9H2,1-2H3. The van der Waals surface area contributed by atoms with E-state index >= 15 is 0 Å². The first-order chi connectivity index (χ1) is 9.99. The van der Waals surface area contributed by atoms with E-state index in [0.29, 0.717) is 17.8 Å². The summed E-state index contributed by atoms with van der Waals surface area (Å²) >= 11 is 1.56. The molecular formula is C14H15N3O3S. The fourth-order valence-electron chi connectivity index (χ4n) is 1.82. The molecule has 0 aliphatic heterocycles. The summed E-state index contributed by atoms with van der Waals surface area (Å²) in [5, 5.41) is 16.0. The van der Waals surface area contributed by atoms with Gasteiger partial charge in [-0.05, 0) is 23.6 Å². The topological polar surface area (TPSA) is 75.5 Å². The van der Waals surface area contributed by atoms with Crippen molar-refractivity contribution in [3.05, 3.63) is 56.3 Å². The molecule has 0 radical (unpaired) electrons. The summed E-state index contributed by atoms with van der Waals surface area (Å²) in [5.74, 6) is -0.191. The number of rotatable bonds is 5. The molecule has 0 unspecified atom stereocenters. The van der Waals surface area contributed by atoms with Crippen molar-refractivity contribution in [2.75, 3.05) is 19.4 Å². The molecule has 0 fully saturated rings. The van der Waals surface area contributed by atoms with E-state index in [9.17, 15) is 14.9 Å². The van der Waals surface area contributed by atoms with E-state index in [4.69, 9.17) is 0 Å². The van der Waals surface area contributed by atoms with Crippen molar-refractivity contribution in [3.63, 3.8) is 0 Å². The van der Waals surface area contributed by atoms with Crippen LogP contribution in [0.15, 0.2) is 35.7 Å². The van der Waals surface area contributed by atoms with Gasteiger partial charge in [-0.1, -0.05) is 6.07 Å². The van der Waals surface area contributed by atoms with Crippen LogP contribution < -0.4 is 5.32 Å². The Morgan fingerprint density at radius 1 is 1.38 bits per heavy atom. The number of nitrogens with zero attached hydrogens (tertiary/aromatic N) is 2. The van der Waals surface area contributed by atoms with Gasteiger partial charge in [0.15, 0.2) is 0 Å². The van der Waals surface area contributed by atoms with Gasteiger partial charge in [0, 0.05) is 37.1 Å². The highest BCUT2D eigenvalue weighted by Gasteiger charge is 2.17. The maximum absolute atomic E-state index is 11.9. The molecule has 1 amide bonds. The molecule has 7 heteroatoms. The quantitative estimate of drug-likeness (QED) is 0.680. The zero-order valence-electron chi connectivity index (χ0n) is 11.7. The van der Waals surface area contributed by atoms with Gasteiger partial charge in [-0.3, -0.25) is 14.9 Å². The van der Waals surface area contributed by atoms with E-state index in [1.54, 1.807) is 25.4 Å². The predicted octanol–water partition coefficient (Wildman–Crippen LogP) is 2.97. The second-order valence-corrected chi connectivity index (χ2v) is 5.65. The number of nitro benzene ring substituents is 1. The molecule has 0 aliphatic rings. The number of benzene rings is 1. The number of hydrogen-bond acceptors (Lipinski definition) is 5. The Bertz CT molecular complexity index is 653. The van der Waals surface area contributed by atoms with E-state index in [1.165, 1.54) is 23.1 Å². The molecule has 0 saturated carbocycles. The summed E-state index contributed by atoms with van der Waals surface area (Å²) in [6, 6.07) is 8.21. The van der Waals surface area contributed by atoms with Crippen LogP contribution in [0.3, 0.4) is 0 Å². The fraction of sp³-hybridized carbons (Fsp3) is 0.214. The zero-order chi connectivity index (χ0) is 15.4. The minimum absolute atomic E-state index is 0.0399. The first kappa shape index (κ1) is 15.0. The van der Waals surface area contributed by atoms with Gasteiger partial charge in [0.2, 0.25) is 0 Å². The number of anilines is 1. The maximum Gasteiger partial charge on any atom is 0.292 e. The van der Waals surface area contributed by atoms with Crippen LogP contribution in [0.5, 0.6) is 0 Å². The highest BCUT2D eigenvalue weighted by Crippen LogP contribution is 2.27. The number of amides is 1. The lowest BCUT2D eigenvalue weighted by Gasteiger charge is -2.12. The van der Waals surface area contributed by atoms with Crippen molar-refractivity contribution in [1.29, 1.82) is 0 Å². The van der Waals surface area contributed by atoms with Crippen LogP contribution in [0.1, 0.15) is 15.2 Å². The van der Waals surface area contributed by atoms with Crippen molar-refractivity contribution in [1.82, 2.24) is 4.90 Å². The summed E-state index contributed by atoms with van der Waals surface area (Å²) in [6.07, 6.45) is 0. The molecular weight excluding hydrogens is 290 g/mol. The van der Waals surface area contributed by atoms with Gasteiger partial charge in [-0.15, -0.1) is 11.3 Å². The first-order valence-corrected chi connectivity index (χ1v) is 7.13. The highest BCUT2D eigenvalue weighted by molar-refractivity contribution is 7.09. The Hall–Kier alpha value is -2.41. The summed E-state index contributed by atoms with van der Waals surface area (Å²) in [7, 11) is 3.28. The van der Waals surface area contributed by atoms with Crippen LogP contribution in [-0.4, -0.2) is 29.8 Å². The normalized spacial score (nSPS) is 10.2. The fourth-order valence-corrected chi connectivity index (χ4v) is 2.47. The molecule has 1 heterocycles. The molecule has 6 nitrogen and oxygen atoms in total. The Morgan fingerprint density at radius 2 is 2.14 bits per heavy atom. The third kappa shape index (κ3) is 3.57. The SMILES string of the molecule is CN(C)C(=O)c1ccc([N+](=O)[O-])c(NCc2cccs2)c1. The molecule has 0 bridgehead atoms. The van der Waals surface area contributed by atoms with E-state index in [0.717, 1.165) is 4.88 Å². The monoisotopic (exact) mass is 305 g/mol. The molecule has 110 valence electrons. The predicted molar refractivity (Wildman–Crippen MR) is 82.8 cm³/mol. The Kier molecular flexibility index (Phi) is 4.54. The minimum atomic E-state index is -0.458. The summed E-state index contributed by atoms with van der Waals surface area (Å²) in [5.41, 5.74) is 0.724. The van der Waals surface area contributed by atoms with Gasteiger partial charge in [-0.2, -0.15) is 0 Å². The molecule has 21 heavy (non-hydrogen) atoms. The summed E-state index contributed by atoms with van der Waals surface area (Å²) < 4.78 is 0. The third-order valence-electron chi connectivity index (χ3n) is 2.88. The van der Waals surface area contributed by atoms with Crippen LogP contribution in [0.4, 0.5) is 11.4 Å². The maximum atomic E-state index is 11.9. The van der Waals surface area contributed by atoms with Crippen molar-refractivity contribution in [3.8, 4) is 0 Å². The Morgan fingerprint density at radius 3 is 2.71 bits per heavy atom. The van der Waals surface area contributed by atoms with E-state index in [1.807, 2.05) is 17.5 Å². The van der Waals surface area contributed by atoms with Crippen LogP contribution in [0.2, 0.25) is 0 Å². The van der Waals surface area contributed by atoms with E-state index in [2.05, 4.69) is 5.32 Å². The molecule has 1 aromatic carbocycles. The molecule has 0 spiro atoms. The van der Waals surface area contributed by atoms with Crippen LogP contribution >= 0.6 is 11.3 Å². The number of hydrogen-bond donors (Lipinski definition) is 1. The number of nitrogens with one attached hydrogen (secondary N) is 1. The Labute approximate surface area is 126 Å². The number of thiophene rings is 1. The van der Waals surface area contributed by atoms with Crippen LogP contribution in [0.25, 0.3) is 0 Å². The summed E-state index contributed by atoms with van der Waals surface area (Å²) in [6.45, 7) is 0.484. The number of nitro groups is 1. The molecule has 2 rings (SSSR count). The largest absolute Gasteiger partial charge is 0.375 e.